The zero-order chi connectivity index (χ0) is 20.8. The highest BCUT2D eigenvalue weighted by Gasteiger charge is 1.99. The lowest BCUT2D eigenvalue weighted by molar-refractivity contribution is 0.718. The van der Waals surface area contributed by atoms with Gasteiger partial charge in [-0.25, -0.2) is 0 Å². The Bertz CT molecular complexity index is 1180. The summed E-state index contributed by atoms with van der Waals surface area (Å²) in [6.07, 6.45) is 5.01. The molecule has 0 amide bonds. The molecule has 0 saturated heterocycles. The summed E-state index contributed by atoms with van der Waals surface area (Å²) in [5, 5.41) is 2.56. The van der Waals surface area contributed by atoms with Crippen LogP contribution in [0, 0.1) is 18.8 Å². The van der Waals surface area contributed by atoms with E-state index in [2.05, 4.69) is 111 Å². The maximum Gasteiger partial charge on any atom is 0.0255 e. The number of hydrogen-bond acceptors (Lipinski definition) is 0. The van der Waals surface area contributed by atoms with Crippen LogP contribution in [-0.4, -0.2) is 0 Å². The van der Waals surface area contributed by atoms with E-state index in [0.29, 0.717) is 0 Å². The van der Waals surface area contributed by atoms with Crippen molar-refractivity contribution in [1.82, 2.24) is 0 Å². The maximum absolute atomic E-state index is 3.33. The second kappa shape index (κ2) is 9.47. The van der Waals surface area contributed by atoms with Crippen LogP contribution in [-0.2, 0) is 6.42 Å². The molecule has 0 atom stereocenters. The topological polar surface area (TPSA) is 0 Å². The highest BCUT2D eigenvalue weighted by atomic mass is 14.0. The van der Waals surface area contributed by atoms with Crippen molar-refractivity contribution in [3.05, 3.63) is 107 Å². The van der Waals surface area contributed by atoms with Crippen molar-refractivity contribution in [3.63, 3.8) is 0 Å². The van der Waals surface area contributed by atoms with Gasteiger partial charge in [0.05, 0.1) is 0 Å². The molecule has 0 nitrogen and oxygen atoms in total. The summed E-state index contributed by atoms with van der Waals surface area (Å²) >= 11 is 0. The Morgan fingerprint density at radius 3 is 1.93 bits per heavy atom. The van der Waals surface area contributed by atoms with E-state index in [4.69, 9.17) is 0 Å². The number of hydrogen-bond donors (Lipinski definition) is 0. The first kappa shape index (κ1) is 20.0. The number of aryl methyl sites for hydroxylation is 2. The van der Waals surface area contributed by atoms with Crippen LogP contribution < -0.4 is 0 Å². The molecule has 4 rings (SSSR count). The van der Waals surface area contributed by atoms with Crippen LogP contribution in [0.15, 0.2) is 84.9 Å². The second-order valence-corrected chi connectivity index (χ2v) is 8.05. The zero-order valence-corrected chi connectivity index (χ0v) is 17.9. The van der Waals surface area contributed by atoms with Crippen LogP contribution in [0.25, 0.3) is 21.9 Å². The van der Waals surface area contributed by atoms with Gasteiger partial charge >= 0.3 is 0 Å². The van der Waals surface area contributed by atoms with Crippen molar-refractivity contribution in [2.75, 3.05) is 0 Å². The average Bonchev–Trinajstić information content (AvgIpc) is 2.79. The lowest BCUT2D eigenvalue weighted by Gasteiger charge is -2.04. The lowest BCUT2D eigenvalue weighted by Crippen LogP contribution is -1.86. The van der Waals surface area contributed by atoms with Gasteiger partial charge in [0.25, 0.3) is 0 Å². The van der Waals surface area contributed by atoms with E-state index in [-0.39, 0.29) is 0 Å². The number of fused-ring (bicyclic) bond motifs is 1. The highest BCUT2D eigenvalue weighted by Crippen LogP contribution is 2.21. The summed E-state index contributed by atoms with van der Waals surface area (Å²) in [6, 6.07) is 30.5. The summed E-state index contributed by atoms with van der Waals surface area (Å²) in [5.41, 5.74) is 7.28. The monoisotopic (exact) mass is 388 g/mol. The zero-order valence-electron chi connectivity index (χ0n) is 17.9. The molecule has 148 valence electrons. The number of unbranched alkanes of at least 4 members (excludes halogenated alkanes) is 2. The third-order valence-electron chi connectivity index (χ3n) is 5.59. The van der Waals surface area contributed by atoms with E-state index in [0.717, 1.165) is 11.1 Å². The van der Waals surface area contributed by atoms with Crippen molar-refractivity contribution in [3.8, 4) is 23.0 Å². The van der Waals surface area contributed by atoms with Gasteiger partial charge in [-0.3, -0.25) is 0 Å². The van der Waals surface area contributed by atoms with E-state index in [1.807, 2.05) is 0 Å². The fraction of sp³-hybridized carbons (Fsp3) is 0.200. The van der Waals surface area contributed by atoms with Gasteiger partial charge in [-0.05, 0) is 71.5 Å². The minimum Gasteiger partial charge on any atom is -0.0654 e. The second-order valence-electron chi connectivity index (χ2n) is 8.05. The molecule has 0 N–H and O–H groups in total. The van der Waals surface area contributed by atoms with Crippen LogP contribution in [0.5, 0.6) is 0 Å². The Kier molecular flexibility index (Phi) is 6.31. The van der Waals surface area contributed by atoms with Crippen molar-refractivity contribution in [1.29, 1.82) is 0 Å². The fourth-order valence-electron chi connectivity index (χ4n) is 3.74. The summed E-state index contributed by atoms with van der Waals surface area (Å²) < 4.78 is 0. The first-order valence-corrected chi connectivity index (χ1v) is 10.9. The summed E-state index contributed by atoms with van der Waals surface area (Å²) in [4.78, 5) is 0. The lowest BCUT2D eigenvalue weighted by atomic mass is 10.0. The van der Waals surface area contributed by atoms with Crippen LogP contribution in [0.3, 0.4) is 0 Å². The van der Waals surface area contributed by atoms with Gasteiger partial charge in [0.15, 0.2) is 0 Å². The molecule has 0 bridgehead atoms. The summed E-state index contributed by atoms with van der Waals surface area (Å²) in [6.45, 7) is 4.36. The van der Waals surface area contributed by atoms with E-state index < -0.39 is 0 Å². The van der Waals surface area contributed by atoms with E-state index >= 15 is 0 Å². The van der Waals surface area contributed by atoms with Crippen molar-refractivity contribution >= 4 is 10.8 Å². The number of rotatable bonds is 5. The molecule has 0 saturated carbocycles. The molecule has 0 aliphatic heterocycles. The molecule has 0 radical (unpaired) electrons. The Morgan fingerprint density at radius 1 is 0.600 bits per heavy atom. The largest absolute Gasteiger partial charge is 0.0654 e. The third-order valence-corrected chi connectivity index (χ3v) is 5.59. The molecule has 30 heavy (non-hydrogen) atoms. The predicted octanol–water partition coefficient (Wildman–Crippen LogP) is 7.95. The normalized spacial score (nSPS) is 10.6. The Hall–Kier alpha value is -3.30. The van der Waals surface area contributed by atoms with E-state index in [1.165, 1.54) is 58.7 Å². The van der Waals surface area contributed by atoms with Gasteiger partial charge in [-0.2, -0.15) is 0 Å². The van der Waals surface area contributed by atoms with E-state index in [1.54, 1.807) is 0 Å². The summed E-state index contributed by atoms with van der Waals surface area (Å²) in [7, 11) is 0. The van der Waals surface area contributed by atoms with Crippen molar-refractivity contribution < 1.29 is 0 Å². The van der Waals surface area contributed by atoms with Gasteiger partial charge in [0.1, 0.15) is 0 Å². The van der Waals surface area contributed by atoms with Gasteiger partial charge in [0, 0.05) is 11.1 Å². The van der Waals surface area contributed by atoms with Crippen molar-refractivity contribution in [2.24, 2.45) is 0 Å². The molecule has 0 aromatic heterocycles. The van der Waals surface area contributed by atoms with Crippen LogP contribution in [0.1, 0.15) is 48.4 Å². The first-order chi connectivity index (χ1) is 14.7. The standard InChI is InChI=1S/C30H28/c1-3-4-5-6-25-13-19-30-22-26(14-20-29(30)21-25)10-9-24-11-17-28(18-12-24)27-15-7-23(2)8-16-27/h7-8,11-22H,3-6H2,1-2H3. The molecule has 0 heteroatoms. The molecule has 0 unspecified atom stereocenters. The van der Waals surface area contributed by atoms with Gasteiger partial charge in [0.2, 0.25) is 0 Å². The SMILES string of the molecule is CCCCCc1ccc2cc(C#Cc3ccc(-c4ccc(C)cc4)cc3)ccc2c1. The minimum atomic E-state index is 1.04. The quantitative estimate of drug-likeness (QED) is 0.240. The first-order valence-electron chi connectivity index (χ1n) is 10.9. The molecule has 0 fully saturated rings. The Morgan fingerprint density at radius 2 is 1.20 bits per heavy atom. The van der Waals surface area contributed by atoms with Crippen LogP contribution >= 0.6 is 0 Å². The van der Waals surface area contributed by atoms with Gasteiger partial charge in [-0.15, -0.1) is 0 Å². The smallest absolute Gasteiger partial charge is 0.0255 e. The number of benzene rings is 4. The summed E-state index contributed by atoms with van der Waals surface area (Å²) in [5.74, 6) is 6.64. The molecule has 4 aromatic rings. The maximum atomic E-state index is 3.33. The van der Waals surface area contributed by atoms with Gasteiger partial charge in [-0.1, -0.05) is 97.8 Å². The molecule has 4 aromatic carbocycles. The van der Waals surface area contributed by atoms with Crippen LogP contribution in [0.2, 0.25) is 0 Å². The van der Waals surface area contributed by atoms with Crippen LogP contribution in [0.4, 0.5) is 0 Å². The predicted molar refractivity (Wildman–Crippen MR) is 130 cm³/mol. The molecular formula is C30H28. The van der Waals surface area contributed by atoms with Gasteiger partial charge < -0.3 is 0 Å². The highest BCUT2D eigenvalue weighted by molar-refractivity contribution is 5.84. The molecule has 0 spiro atoms. The Balaban J connectivity index is 1.49. The molecule has 0 aliphatic rings. The third kappa shape index (κ3) is 5.00. The molecule has 0 heterocycles. The molecule has 0 aliphatic carbocycles. The fourth-order valence-corrected chi connectivity index (χ4v) is 3.74. The van der Waals surface area contributed by atoms with E-state index in [9.17, 15) is 0 Å². The van der Waals surface area contributed by atoms with Crippen molar-refractivity contribution in [2.45, 2.75) is 39.5 Å². The Labute approximate surface area is 180 Å². The minimum absolute atomic E-state index is 1.04. The molecular weight excluding hydrogens is 360 g/mol. The average molecular weight is 389 g/mol.